The fourth-order valence-corrected chi connectivity index (χ4v) is 2.02. The van der Waals surface area contributed by atoms with Crippen molar-refractivity contribution in [3.8, 4) is 0 Å². The Morgan fingerprint density at radius 2 is 2.00 bits per heavy atom. The summed E-state index contributed by atoms with van der Waals surface area (Å²) in [5, 5.41) is 15.0. The van der Waals surface area contributed by atoms with Crippen molar-refractivity contribution < 1.29 is 5.21 Å². The van der Waals surface area contributed by atoms with Crippen LogP contribution in [0.2, 0.25) is 0 Å². The van der Waals surface area contributed by atoms with Gasteiger partial charge in [-0.3, -0.25) is 0 Å². The van der Waals surface area contributed by atoms with Crippen molar-refractivity contribution in [1.29, 1.82) is 0 Å². The van der Waals surface area contributed by atoms with Crippen molar-refractivity contribution in [1.82, 2.24) is 10.2 Å². The Bertz CT molecular complexity index is 219. The molecule has 4 N–H and O–H groups in total. The molecule has 0 amide bonds. The summed E-state index contributed by atoms with van der Waals surface area (Å²) >= 11 is 0. The van der Waals surface area contributed by atoms with Crippen LogP contribution in [-0.4, -0.2) is 49.2 Å². The molecule has 0 aromatic heterocycles. The number of oxime groups is 1. The van der Waals surface area contributed by atoms with Gasteiger partial charge in [-0.25, -0.2) is 0 Å². The summed E-state index contributed by atoms with van der Waals surface area (Å²) in [5.74, 6) is 1.03. The largest absolute Gasteiger partial charge is 0.409 e. The molecule has 0 rings (SSSR count). The van der Waals surface area contributed by atoms with Crippen LogP contribution in [0.25, 0.3) is 0 Å². The third-order valence-electron chi connectivity index (χ3n) is 2.76. The van der Waals surface area contributed by atoms with Gasteiger partial charge in [0, 0.05) is 19.0 Å². The molecule has 5 heteroatoms. The Morgan fingerprint density at radius 3 is 2.50 bits per heavy atom. The van der Waals surface area contributed by atoms with Crippen LogP contribution in [0.5, 0.6) is 0 Å². The zero-order chi connectivity index (χ0) is 14.0. The van der Waals surface area contributed by atoms with Crippen molar-refractivity contribution in [2.45, 2.75) is 45.6 Å². The number of hydrogen-bond donors (Lipinski definition) is 3. The molecule has 0 saturated carbocycles. The van der Waals surface area contributed by atoms with Crippen LogP contribution in [-0.2, 0) is 0 Å². The van der Waals surface area contributed by atoms with E-state index in [1.54, 1.807) is 0 Å². The molecular weight excluding hydrogens is 228 g/mol. The number of amidine groups is 1. The maximum Gasteiger partial charge on any atom is 0.139 e. The minimum atomic E-state index is 0.321. The Balaban J connectivity index is 3.75. The Hall–Kier alpha value is -0.810. The van der Waals surface area contributed by atoms with Gasteiger partial charge in [-0.2, -0.15) is 0 Å². The molecule has 0 aliphatic carbocycles. The second-order valence-corrected chi connectivity index (χ2v) is 5.59. The molecule has 0 aromatic carbocycles. The number of unbranched alkanes of at least 4 members (excludes halogenated alkanes) is 1. The van der Waals surface area contributed by atoms with Gasteiger partial charge in [-0.15, -0.1) is 0 Å². The highest BCUT2D eigenvalue weighted by atomic mass is 16.4. The molecule has 0 heterocycles. The molecule has 0 radical (unpaired) electrons. The lowest BCUT2D eigenvalue weighted by Crippen LogP contribution is -2.39. The number of hydrogen-bond acceptors (Lipinski definition) is 4. The van der Waals surface area contributed by atoms with Gasteiger partial charge in [0.2, 0.25) is 0 Å². The van der Waals surface area contributed by atoms with E-state index in [2.05, 4.69) is 43.3 Å². The summed E-state index contributed by atoms with van der Waals surface area (Å²) in [6.45, 7) is 6.56. The van der Waals surface area contributed by atoms with Crippen LogP contribution in [0.4, 0.5) is 0 Å². The van der Waals surface area contributed by atoms with E-state index in [1.165, 1.54) is 6.42 Å². The quantitative estimate of drug-likeness (QED) is 0.182. The molecule has 0 saturated heterocycles. The average molecular weight is 258 g/mol. The number of likely N-dealkylation sites (N-methyl/N-ethyl adjacent to an activating group) is 1. The van der Waals surface area contributed by atoms with Crippen molar-refractivity contribution >= 4 is 5.84 Å². The lowest BCUT2D eigenvalue weighted by Gasteiger charge is -2.24. The summed E-state index contributed by atoms with van der Waals surface area (Å²) in [7, 11) is 4.21. The summed E-state index contributed by atoms with van der Waals surface area (Å²) < 4.78 is 0. The van der Waals surface area contributed by atoms with Gasteiger partial charge in [0.05, 0.1) is 0 Å². The van der Waals surface area contributed by atoms with E-state index in [-0.39, 0.29) is 0 Å². The van der Waals surface area contributed by atoms with Crippen molar-refractivity contribution in [2.75, 3.05) is 27.2 Å². The molecule has 0 bridgehead atoms. The zero-order valence-corrected chi connectivity index (χ0v) is 12.3. The van der Waals surface area contributed by atoms with Crippen molar-refractivity contribution in [3.05, 3.63) is 0 Å². The third kappa shape index (κ3) is 10.4. The Labute approximate surface area is 111 Å². The monoisotopic (exact) mass is 258 g/mol. The lowest BCUT2D eigenvalue weighted by molar-refractivity contribution is 0.304. The molecule has 0 aromatic rings. The molecule has 0 spiro atoms. The minimum absolute atomic E-state index is 0.321. The maximum absolute atomic E-state index is 8.42. The lowest BCUT2D eigenvalue weighted by atomic mass is 10.0. The first kappa shape index (κ1) is 17.2. The van der Waals surface area contributed by atoms with Crippen LogP contribution < -0.4 is 11.1 Å². The van der Waals surface area contributed by atoms with Gasteiger partial charge in [0.1, 0.15) is 5.84 Å². The fourth-order valence-electron chi connectivity index (χ4n) is 2.02. The van der Waals surface area contributed by atoms with Gasteiger partial charge in [-0.05, 0) is 45.8 Å². The summed E-state index contributed by atoms with van der Waals surface area (Å²) in [6, 6.07) is 0.545. The topological polar surface area (TPSA) is 73.9 Å². The van der Waals surface area contributed by atoms with Crippen LogP contribution in [0.15, 0.2) is 5.16 Å². The summed E-state index contributed by atoms with van der Waals surface area (Å²) in [4.78, 5) is 2.22. The molecule has 0 aliphatic heterocycles. The van der Waals surface area contributed by atoms with Gasteiger partial charge >= 0.3 is 0 Å². The minimum Gasteiger partial charge on any atom is -0.409 e. The first-order valence-electron chi connectivity index (χ1n) is 6.80. The van der Waals surface area contributed by atoms with Crippen LogP contribution >= 0.6 is 0 Å². The van der Waals surface area contributed by atoms with Gasteiger partial charge in [-0.1, -0.05) is 19.0 Å². The molecule has 5 nitrogen and oxygen atoms in total. The van der Waals surface area contributed by atoms with Crippen molar-refractivity contribution in [3.63, 3.8) is 0 Å². The van der Waals surface area contributed by atoms with E-state index in [4.69, 9.17) is 10.9 Å². The molecular formula is C13H30N4O. The first-order valence-corrected chi connectivity index (χ1v) is 6.80. The maximum atomic E-state index is 8.42. The number of nitrogens with zero attached hydrogens (tertiary/aromatic N) is 2. The smallest absolute Gasteiger partial charge is 0.139 e. The number of nitrogens with one attached hydrogen (secondary N) is 1. The highest BCUT2D eigenvalue weighted by molar-refractivity contribution is 5.79. The van der Waals surface area contributed by atoms with Gasteiger partial charge < -0.3 is 21.2 Å². The summed E-state index contributed by atoms with van der Waals surface area (Å²) in [5.41, 5.74) is 5.42. The third-order valence-corrected chi connectivity index (χ3v) is 2.76. The molecule has 108 valence electrons. The predicted octanol–water partition coefficient (Wildman–Crippen LogP) is 1.47. The highest BCUT2D eigenvalue weighted by Crippen LogP contribution is 2.06. The second-order valence-electron chi connectivity index (χ2n) is 5.59. The van der Waals surface area contributed by atoms with Crippen LogP contribution in [0.1, 0.15) is 39.5 Å². The van der Waals surface area contributed by atoms with Gasteiger partial charge in [0.25, 0.3) is 0 Å². The van der Waals surface area contributed by atoms with E-state index < -0.39 is 0 Å². The summed E-state index contributed by atoms with van der Waals surface area (Å²) in [6.07, 6.45) is 3.87. The fraction of sp³-hybridized carbons (Fsp3) is 0.923. The number of rotatable bonds is 10. The number of nitrogens with two attached hydrogens (primary N) is 1. The van der Waals surface area contributed by atoms with Gasteiger partial charge in [0.15, 0.2) is 0 Å². The van der Waals surface area contributed by atoms with Crippen LogP contribution in [0, 0.1) is 5.92 Å². The highest BCUT2D eigenvalue weighted by Gasteiger charge is 2.10. The van der Waals surface area contributed by atoms with E-state index in [0.717, 1.165) is 25.9 Å². The van der Waals surface area contributed by atoms with Crippen LogP contribution in [0.3, 0.4) is 0 Å². The Kier molecular flexibility index (Phi) is 9.69. The zero-order valence-electron chi connectivity index (χ0n) is 12.3. The van der Waals surface area contributed by atoms with Crippen molar-refractivity contribution in [2.24, 2.45) is 16.8 Å². The average Bonchev–Trinajstić information content (AvgIpc) is 2.26. The normalized spacial score (nSPS) is 14.4. The standard InChI is InChI=1S/C13H30N4O/c1-11(2)9-12(10-17(3)4)15-8-6-5-7-13(14)16-18/h11-12,15,18H,5-10H2,1-4H3,(H2,14,16). The Morgan fingerprint density at radius 1 is 1.33 bits per heavy atom. The first-order chi connectivity index (χ1) is 8.45. The van der Waals surface area contributed by atoms with E-state index in [0.29, 0.717) is 24.2 Å². The molecule has 0 fully saturated rings. The molecule has 1 atom stereocenters. The van der Waals surface area contributed by atoms with E-state index in [1.807, 2.05) is 0 Å². The molecule has 0 aliphatic rings. The SMILES string of the molecule is CC(C)CC(CN(C)C)NCCCCC(N)=NO. The van der Waals surface area contributed by atoms with E-state index >= 15 is 0 Å². The second kappa shape index (κ2) is 10.1. The molecule has 18 heavy (non-hydrogen) atoms. The predicted molar refractivity (Wildman–Crippen MR) is 77.1 cm³/mol. The molecule has 1 unspecified atom stereocenters. The van der Waals surface area contributed by atoms with E-state index in [9.17, 15) is 0 Å².